The molecule has 0 atom stereocenters. The zero-order chi connectivity index (χ0) is 21.3. The number of carbonyl (C=O) groups is 1. The van der Waals surface area contributed by atoms with Crippen molar-refractivity contribution in [1.82, 2.24) is 14.5 Å². The number of fused-ring (bicyclic) bond motifs is 1. The number of methoxy groups -OCH3 is 1. The number of carboxylic acids is 1. The molecule has 0 radical (unpaired) electrons. The average Bonchev–Trinajstić information content (AvgIpc) is 2.76. The molecule has 2 heterocycles. The third kappa shape index (κ3) is 3.50. The smallest absolute Gasteiger partial charge is 0.341 e. The summed E-state index contributed by atoms with van der Waals surface area (Å²) >= 11 is 0. The molecule has 4 aromatic rings. The number of rotatable bonds is 5. The van der Waals surface area contributed by atoms with Crippen LogP contribution in [0.2, 0.25) is 0 Å². The Morgan fingerprint density at radius 3 is 2.53 bits per heavy atom. The first kappa shape index (κ1) is 19.3. The lowest BCUT2D eigenvalue weighted by atomic mass is 10.1. The number of para-hydroxylation sites is 1. The zero-order valence-electron chi connectivity index (χ0n) is 15.9. The van der Waals surface area contributed by atoms with Gasteiger partial charge in [-0.3, -0.25) is 4.79 Å². The molecule has 7 nitrogen and oxygen atoms in total. The second-order valence-electron chi connectivity index (χ2n) is 6.59. The van der Waals surface area contributed by atoms with Crippen LogP contribution in [0.3, 0.4) is 0 Å². The van der Waals surface area contributed by atoms with Gasteiger partial charge in [-0.1, -0.05) is 24.3 Å². The lowest BCUT2D eigenvalue weighted by molar-refractivity contribution is 0.0695. The molecule has 0 saturated carbocycles. The SMILES string of the molecule is COc1ncc(-c2ccc(Cn3cc(C(=O)O)c(=O)c4ccccc43)c(F)c2)cn1. The Morgan fingerprint density at radius 2 is 1.87 bits per heavy atom. The van der Waals surface area contributed by atoms with Crippen LogP contribution in [0.4, 0.5) is 4.39 Å². The molecule has 0 fully saturated rings. The Bertz CT molecular complexity index is 1320. The number of hydrogen-bond acceptors (Lipinski definition) is 5. The largest absolute Gasteiger partial charge is 0.477 e. The Balaban J connectivity index is 1.74. The van der Waals surface area contributed by atoms with Gasteiger partial charge < -0.3 is 14.4 Å². The van der Waals surface area contributed by atoms with Gasteiger partial charge in [0.05, 0.1) is 19.2 Å². The van der Waals surface area contributed by atoms with Gasteiger partial charge in [0.2, 0.25) is 5.43 Å². The second-order valence-corrected chi connectivity index (χ2v) is 6.59. The van der Waals surface area contributed by atoms with E-state index in [9.17, 15) is 19.1 Å². The highest BCUT2D eigenvalue weighted by Gasteiger charge is 2.15. The zero-order valence-corrected chi connectivity index (χ0v) is 15.9. The molecule has 0 bridgehead atoms. The van der Waals surface area contributed by atoms with Gasteiger partial charge in [0.15, 0.2) is 0 Å². The molecule has 0 amide bonds. The third-order valence-corrected chi connectivity index (χ3v) is 4.76. The highest BCUT2D eigenvalue weighted by atomic mass is 19.1. The molecular weight excluding hydrogens is 389 g/mol. The number of nitrogens with zero attached hydrogens (tertiary/aromatic N) is 3. The van der Waals surface area contributed by atoms with Crippen LogP contribution < -0.4 is 10.2 Å². The van der Waals surface area contributed by atoms with Crippen LogP contribution in [0.15, 0.2) is 65.8 Å². The number of aromatic carboxylic acids is 1. The minimum Gasteiger partial charge on any atom is -0.477 e. The van der Waals surface area contributed by atoms with Gasteiger partial charge in [-0.05, 0) is 23.8 Å². The van der Waals surface area contributed by atoms with Crippen LogP contribution in [0, 0.1) is 5.82 Å². The van der Waals surface area contributed by atoms with Gasteiger partial charge in [-0.2, -0.15) is 0 Å². The third-order valence-electron chi connectivity index (χ3n) is 4.76. The van der Waals surface area contributed by atoms with Crippen LogP contribution in [0.5, 0.6) is 6.01 Å². The highest BCUT2D eigenvalue weighted by Crippen LogP contribution is 2.23. The van der Waals surface area contributed by atoms with Crippen molar-refractivity contribution in [2.45, 2.75) is 6.54 Å². The average molecular weight is 405 g/mol. The van der Waals surface area contributed by atoms with E-state index in [1.54, 1.807) is 41.0 Å². The Hall–Kier alpha value is -4.07. The van der Waals surface area contributed by atoms with Crippen LogP contribution in [-0.4, -0.2) is 32.7 Å². The number of ether oxygens (including phenoxy) is 1. The maximum atomic E-state index is 14.8. The van der Waals surface area contributed by atoms with Crippen molar-refractivity contribution < 1.29 is 19.0 Å². The molecule has 0 unspecified atom stereocenters. The van der Waals surface area contributed by atoms with Crippen LogP contribution >= 0.6 is 0 Å². The minimum atomic E-state index is -1.32. The van der Waals surface area contributed by atoms with Gasteiger partial charge in [-0.25, -0.2) is 19.2 Å². The van der Waals surface area contributed by atoms with E-state index in [0.717, 1.165) is 0 Å². The summed E-state index contributed by atoms with van der Waals surface area (Å²) in [6.45, 7) is 0.0618. The summed E-state index contributed by atoms with van der Waals surface area (Å²) in [6.07, 6.45) is 4.32. The topological polar surface area (TPSA) is 94.3 Å². The summed E-state index contributed by atoms with van der Waals surface area (Å²) in [5.41, 5.74) is 1.17. The number of halogens is 1. The molecule has 0 saturated heterocycles. The summed E-state index contributed by atoms with van der Waals surface area (Å²) in [6, 6.07) is 11.6. The van der Waals surface area contributed by atoms with E-state index in [2.05, 4.69) is 9.97 Å². The number of hydrogen-bond donors (Lipinski definition) is 1. The van der Waals surface area contributed by atoms with Crippen molar-refractivity contribution >= 4 is 16.9 Å². The molecule has 150 valence electrons. The molecule has 0 spiro atoms. The molecule has 0 aliphatic carbocycles. The first-order valence-corrected chi connectivity index (χ1v) is 8.98. The Morgan fingerprint density at radius 1 is 1.13 bits per heavy atom. The van der Waals surface area contributed by atoms with E-state index in [1.165, 1.54) is 31.8 Å². The van der Waals surface area contributed by atoms with Gasteiger partial charge >= 0.3 is 12.0 Å². The molecule has 30 heavy (non-hydrogen) atoms. The van der Waals surface area contributed by atoms with Gasteiger partial charge in [0.1, 0.15) is 11.4 Å². The van der Waals surface area contributed by atoms with E-state index in [-0.39, 0.29) is 23.5 Å². The molecule has 4 rings (SSSR count). The summed E-state index contributed by atoms with van der Waals surface area (Å²) in [4.78, 5) is 31.9. The van der Waals surface area contributed by atoms with Gasteiger partial charge in [0, 0.05) is 35.1 Å². The first-order chi connectivity index (χ1) is 14.5. The van der Waals surface area contributed by atoms with Crippen molar-refractivity contribution in [2.75, 3.05) is 7.11 Å². The lowest BCUT2D eigenvalue weighted by Gasteiger charge is -2.13. The van der Waals surface area contributed by atoms with Crippen molar-refractivity contribution in [3.05, 3.63) is 88.2 Å². The van der Waals surface area contributed by atoms with Crippen LogP contribution in [-0.2, 0) is 6.54 Å². The lowest BCUT2D eigenvalue weighted by Crippen LogP contribution is -2.19. The van der Waals surface area contributed by atoms with Crippen molar-refractivity contribution in [1.29, 1.82) is 0 Å². The van der Waals surface area contributed by atoms with Crippen molar-refractivity contribution in [2.24, 2.45) is 0 Å². The maximum absolute atomic E-state index is 14.8. The number of benzene rings is 2. The van der Waals surface area contributed by atoms with E-state index in [4.69, 9.17) is 4.74 Å². The fourth-order valence-corrected chi connectivity index (χ4v) is 3.24. The summed E-state index contributed by atoms with van der Waals surface area (Å²) in [7, 11) is 1.46. The van der Waals surface area contributed by atoms with Gasteiger partial charge in [0.25, 0.3) is 0 Å². The fourth-order valence-electron chi connectivity index (χ4n) is 3.24. The monoisotopic (exact) mass is 405 g/mol. The molecule has 2 aromatic carbocycles. The molecular formula is C22H16FN3O4. The second kappa shape index (κ2) is 7.75. The first-order valence-electron chi connectivity index (χ1n) is 8.98. The molecule has 8 heteroatoms. The summed E-state index contributed by atoms with van der Waals surface area (Å²) < 4.78 is 21.3. The summed E-state index contributed by atoms with van der Waals surface area (Å²) in [5.74, 6) is -1.79. The van der Waals surface area contributed by atoms with Crippen LogP contribution in [0.25, 0.3) is 22.0 Å². The summed E-state index contributed by atoms with van der Waals surface area (Å²) in [5, 5.41) is 9.63. The highest BCUT2D eigenvalue weighted by molar-refractivity contribution is 5.92. The predicted molar refractivity (Wildman–Crippen MR) is 108 cm³/mol. The maximum Gasteiger partial charge on any atom is 0.341 e. The van der Waals surface area contributed by atoms with E-state index in [0.29, 0.717) is 22.2 Å². The molecule has 0 aliphatic heterocycles. The fraction of sp³-hybridized carbons (Fsp3) is 0.0909. The molecule has 1 N–H and O–H groups in total. The molecule has 2 aromatic heterocycles. The van der Waals surface area contributed by atoms with Gasteiger partial charge in [-0.15, -0.1) is 0 Å². The van der Waals surface area contributed by atoms with E-state index in [1.807, 2.05) is 0 Å². The number of carboxylic acid groups (broad SMARTS) is 1. The quantitative estimate of drug-likeness (QED) is 0.547. The standard InChI is InChI=1S/C22H16FN3O4/c1-30-22-24-9-15(10-25-22)13-6-7-14(18(23)8-13)11-26-12-17(21(28)29)20(27)16-4-2-3-5-19(16)26/h2-10,12H,11H2,1H3,(H,28,29). The van der Waals surface area contributed by atoms with Crippen LogP contribution in [0.1, 0.15) is 15.9 Å². The van der Waals surface area contributed by atoms with E-state index < -0.39 is 17.2 Å². The predicted octanol–water partition coefficient (Wildman–Crippen LogP) is 3.35. The van der Waals surface area contributed by atoms with Crippen molar-refractivity contribution in [3.8, 4) is 17.1 Å². The Labute approximate surface area is 170 Å². The molecule has 0 aliphatic rings. The normalized spacial score (nSPS) is 10.9. The van der Waals surface area contributed by atoms with E-state index >= 15 is 0 Å². The minimum absolute atomic E-state index is 0.0618. The Kier molecular flexibility index (Phi) is 4.97. The number of pyridine rings is 1. The number of aromatic nitrogens is 3. The van der Waals surface area contributed by atoms with Crippen molar-refractivity contribution in [3.63, 3.8) is 0 Å².